The van der Waals surface area contributed by atoms with Gasteiger partial charge in [0.05, 0.1) is 22.2 Å². The lowest BCUT2D eigenvalue weighted by atomic mass is 9.95. The van der Waals surface area contributed by atoms with E-state index in [1.807, 2.05) is 37.3 Å². The third-order valence-electron chi connectivity index (χ3n) is 4.10. The van der Waals surface area contributed by atoms with E-state index >= 15 is 0 Å². The van der Waals surface area contributed by atoms with Crippen LogP contribution in [-0.2, 0) is 16.1 Å². The highest BCUT2D eigenvalue weighted by Gasteiger charge is 2.21. The number of nitrogens with zero attached hydrogens (tertiary/aromatic N) is 1. The van der Waals surface area contributed by atoms with Crippen LogP contribution in [0.5, 0.6) is 0 Å². The van der Waals surface area contributed by atoms with E-state index in [1.54, 1.807) is 0 Å². The molecule has 4 heteroatoms. The summed E-state index contributed by atoms with van der Waals surface area (Å²) in [6.45, 7) is 2.09. The largest absolute Gasteiger partial charge is 0.459 e. The van der Waals surface area contributed by atoms with E-state index < -0.39 is 0 Å². The van der Waals surface area contributed by atoms with E-state index in [0.717, 1.165) is 35.7 Å². The van der Waals surface area contributed by atoms with Gasteiger partial charge in [-0.25, -0.2) is 4.98 Å². The van der Waals surface area contributed by atoms with Gasteiger partial charge in [-0.1, -0.05) is 42.0 Å². The van der Waals surface area contributed by atoms with Gasteiger partial charge in [0.2, 0.25) is 0 Å². The Labute approximate surface area is 135 Å². The molecule has 0 N–H and O–H groups in total. The van der Waals surface area contributed by atoms with Crippen molar-refractivity contribution in [3.05, 3.63) is 52.7 Å². The Morgan fingerprint density at radius 3 is 2.95 bits per heavy atom. The SMILES string of the molecule is Cc1c(Cl)c(COC(=O)[C@@H]2CC=CCC2)nc2ccccc12. The maximum atomic E-state index is 12.1. The second-order valence-electron chi connectivity index (χ2n) is 5.60. The van der Waals surface area contributed by atoms with Gasteiger partial charge in [0.1, 0.15) is 6.61 Å². The first-order chi connectivity index (χ1) is 10.7. The van der Waals surface area contributed by atoms with Crippen LogP contribution in [0, 0.1) is 12.8 Å². The molecule has 1 aromatic heterocycles. The standard InChI is InChI=1S/C18H18ClNO2/c1-12-14-9-5-6-10-15(14)20-16(17(12)19)11-22-18(21)13-7-3-2-4-8-13/h2-3,5-6,9-10,13H,4,7-8,11H2,1H3/t13-/m1/s1. The summed E-state index contributed by atoms with van der Waals surface area (Å²) in [5, 5.41) is 1.61. The van der Waals surface area contributed by atoms with Crippen LogP contribution in [-0.4, -0.2) is 11.0 Å². The van der Waals surface area contributed by atoms with Crippen LogP contribution in [0.25, 0.3) is 10.9 Å². The maximum absolute atomic E-state index is 12.1. The lowest BCUT2D eigenvalue weighted by molar-refractivity contribution is -0.150. The molecule has 0 aliphatic heterocycles. The first-order valence-corrected chi connectivity index (χ1v) is 7.90. The number of pyridine rings is 1. The van der Waals surface area contributed by atoms with Crippen LogP contribution in [0.4, 0.5) is 0 Å². The van der Waals surface area contributed by atoms with Crippen LogP contribution in [0.3, 0.4) is 0 Å². The van der Waals surface area contributed by atoms with E-state index in [1.165, 1.54) is 0 Å². The quantitative estimate of drug-likeness (QED) is 0.614. The molecule has 0 fully saturated rings. The van der Waals surface area contributed by atoms with E-state index in [4.69, 9.17) is 16.3 Å². The Morgan fingerprint density at radius 2 is 2.18 bits per heavy atom. The summed E-state index contributed by atoms with van der Waals surface area (Å²) in [5.74, 6) is -0.196. The van der Waals surface area contributed by atoms with Crippen molar-refractivity contribution in [1.82, 2.24) is 4.98 Å². The number of rotatable bonds is 3. The summed E-state index contributed by atoms with van der Waals surface area (Å²) in [5.41, 5.74) is 2.47. The van der Waals surface area contributed by atoms with Crippen LogP contribution < -0.4 is 0 Å². The van der Waals surface area contributed by atoms with Crippen molar-refractivity contribution >= 4 is 28.5 Å². The number of benzene rings is 1. The predicted octanol–water partition coefficient (Wildman–Crippen LogP) is 4.60. The van der Waals surface area contributed by atoms with Crippen LogP contribution >= 0.6 is 11.6 Å². The Morgan fingerprint density at radius 1 is 1.36 bits per heavy atom. The smallest absolute Gasteiger partial charge is 0.309 e. The molecule has 1 aliphatic carbocycles. The lowest BCUT2D eigenvalue weighted by Gasteiger charge is -2.17. The molecule has 0 saturated carbocycles. The topological polar surface area (TPSA) is 39.2 Å². The van der Waals surface area contributed by atoms with Gasteiger partial charge in [-0.3, -0.25) is 4.79 Å². The summed E-state index contributed by atoms with van der Waals surface area (Å²) in [6, 6.07) is 7.83. The number of ether oxygens (including phenoxy) is 1. The van der Waals surface area contributed by atoms with Crippen molar-refractivity contribution in [2.75, 3.05) is 0 Å². The zero-order valence-corrected chi connectivity index (χ0v) is 13.3. The molecule has 1 aliphatic rings. The normalized spacial score (nSPS) is 17.6. The molecule has 0 saturated heterocycles. The van der Waals surface area contributed by atoms with Gasteiger partial charge in [-0.15, -0.1) is 0 Å². The van der Waals surface area contributed by atoms with Gasteiger partial charge >= 0.3 is 5.97 Å². The fraction of sp³-hybridized carbons (Fsp3) is 0.333. The molecule has 114 valence electrons. The molecule has 0 unspecified atom stereocenters. The van der Waals surface area contributed by atoms with E-state index in [-0.39, 0.29) is 18.5 Å². The fourth-order valence-electron chi connectivity index (χ4n) is 2.78. The Balaban J connectivity index is 1.77. The molecular weight excluding hydrogens is 298 g/mol. The lowest BCUT2D eigenvalue weighted by Crippen LogP contribution is -2.19. The summed E-state index contributed by atoms with van der Waals surface area (Å²) in [6.07, 6.45) is 6.70. The van der Waals surface area contributed by atoms with Crippen molar-refractivity contribution in [2.24, 2.45) is 5.92 Å². The number of hydrogen-bond donors (Lipinski definition) is 0. The number of aryl methyl sites for hydroxylation is 1. The molecule has 2 aromatic rings. The van der Waals surface area contributed by atoms with Crippen molar-refractivity contribution in [2.45, 2.75) is 32.8 Å². The molecule has 0 bridgehead atoms. The molecule has 1 aromatic carbocycles. The molecular formula is C18H18ClNO2. The number of hydrogen-bond acceptors (Lipinski definition) is 3. The van der Waals surface area contributed by atoms with Crippen LogP contribution in [0.15, 0.2) is 36.4 Å². The third kappa shape index (κ3) is 3.00. The second kappa shape index (κ2) is 6.49. The minimum Gasteiger partial charge on any atom is -0.459 e. The van der Waals surface area contributed by atoms with Crippen molar-refractivity contribution in [3.8, 4) is 0 Å². The van der Waals surface area contributed by atoms with Gasteiger partial charge in [-0.2, -0.15) is 0 Å². The number of para-hydroxylation sites is 1. The Bertz CT molecular complexity index is 739. The highest BCUT2D eigenvalue weighted by atomic mass is 35.5. The van der Waals surface area contributed by atoms with Gasteiger partial charge in [0, 0.05) is 5.39 Å². The zero-order chi connectivity index (χ0) is 15.5. The first-order valence-electron chi connectivity index (χ1n) is 7.52. The van der Waals surface area contributed by atoms with Crippen LogP contribution in [0.2, 0.25) is 5.02 Å². The highest BCUT2D eigenvalue weighted by molar-refractivity contribution is 6.32. The second-order valence-corrected chi connectivity index (χ2v) is 5.98. The van der Waals surface area contributed by atoms with Gasteiger partial charge in [0.15, 0.2) is 0 Å². The predicted molar refractivity (Wildman–Crippen MR) is 87.8 cm³/mol. The van der Waals surface area contributed by atoms with Gasteiger partial charge in [-0.05, 0) is 37.8 Å². The highest BCUT2D eigenvalue weighted by Crippen LogP contribution is 2.28. The number of aromatic nitrogens is 1. The summed E-state index contributed by atoms with van der Waals surface area (Å²) < 4.78 is 5.43. The number of esters is 1. The molecule has 3 nitrogen and oxygen atoms in total. The average molecular weight is 316 g/mol. The third-order valence-corrected chi connectivity index (χ3v) is 4.60. The van der Waals surface area contributed by atoms with E-state index in [0.29, 0.717) is 10.7 Å². The molecule has 1 heterocycles. The summed E-state index contributed by atoms with van der Waals surface area (Å²) in [4.78, 5) is 16.6. The number of allylic oxidation sites excluding steroid dienone is 2. The van der Waals surface area contributed by atoms with E-state index in [2.05, 4.69) is 11.1 Å². The summed E-state index contributed by atoms with van der Waals surface area (Å²) >= 11 is 6.38. The molecule has 0 radical (unpaired) electrons. The number of carbonyl (C=O) groups excluding carboxylic acids is 1. The fourth-order valence-corrected chi connectivity index (χ4v) is 2.98. The number of halogens is 1. The molecule has 22 heavy (non-hydrogen) atoms. The van der Waals surface area contributed by atoms with Gasteiger partial charge < -0.3 is 4.74 Å². The van der Waals surface area contributed by atoms with Crippen LogP contribution in [0.1, 0.15) is 30.5 Å². The van der Waals surface area contributed by atoms with Gasteiger partial charge in [0.25, 0.3) is 0 Å². The minimum absolute atomic E-state index is 0.0367. The zero-order valence-electron chi connectivity index (χ0n) is 12.5. The molecule has 0 spiro atoms. The average Bonchev–Trinajstić information content (AvgIpc) is 2.57. The van der Waals surface area contributed by atoms with Crippen molar-refractivity contribution in [3.63, 3.8) is 0 Å². The van der Waals surface area contributed by atoms with Crippen molar-refractivity contribution in [1.29, 1.82) is 0 Å². The molecule has 3 rings (SSSR count). The number of carbonyl (C=O) groups is 1. The Hall–Kier alpha value is -1.87. The van der Waals surface area contributed by atoms with E-state index in [9.17, 15) is 4.79 Å². The molecule has 1 atom stereocenters. The summed E-state index contributed by atoms with van der Waals surface area (Å²) in [7, 11) is 0. The Kier molecular flexibility index (Phi) is 4.44. The molecule has 0 amide bonds. The minimum atomic E-state index is -0.159. The first kappa shape index (κ1) is 15.0. The monoisotopic (exact) mass is 315 g/mol. The maximum Gasteiger partial charge on any atom is 0.309 e. The number of fused-ring (bicyclic) bond motifs is 1. The van der Waals surface area contributed by atoms with Crippen molar-refractivity contribution < 1.29 is 9.53 Å².